The Kier molecular flexibility index (Phi) is 5.50. The third-order valence-electron chi connectivity index (χ3n) is 3.74. The Morgan fingerprint density at radius 1 is 1.40 bits per heavy atom. The monoisotopic (exact) mass is 286 g/mol. The normalized spacial score (nSPS) is 27.6. The largest absolute Gasteiger partial charge is 0.481 e. The van der Waals surface area contributed by atoms with Crippen LogP contribution in [0.2, 0.25) is 0 Å². The Balaban J connectivity index is 2.65. The van der Waals surface area contributed by atoms with Crippen molar-refractivity contribution in [3.63, 3.8) is 0 Å². The fourth-order valence-corrected chi connectivity index (χ4v) is 2.63. The lowest BCUT2D eigenvalue weighted by atomic mass is 9.76. The average molecular weight is 286 g/mol. The van der Waals surface area contributed by atoms with Gasteiger partial charge in [-0.25, -0.2) is 4.79 Å². The zero-order chi connectivity index (χ0) is 15.3. The van der Waals surface area contributed by atoms with Gasteiger partial charge in [0.15, 0.2) is 0 Å². The third kappa shape index (κ3) is 4.48. The van der Waals surface area contributed by atoms with Gasteiger partial charge in [-0.05, 0) is 25.2 Å². The highest BCUT2D eigenvalue weighted by atomic mass is 16.4. The number of carboxylic acid groups (broad SMARTS) is 2. The maximum absolute atomic E-state index is 12.2. The number of nitrogens with two attached hydrogens (primary N) is 1. The van der Waals surface area contributed by atoms with Crippen LogP contribution in [0.4, 0.5) is 0 Å². The van der Waals surface area contributed by atoms with E-state index in [1.54, 1.807) is 0 Å². The van der Waals surface area contributed by atoms with Crippen molar-refractivity contribution in [2.75, 3.05) is 0 Å². The van der Waals surface area contributed by atoms with Crippen molar-refractivity contribution in [2.24, 2.45) is 11.7 Å². The second-order valence-corrected chi connectivity index (χ2v) is 5.65. The van der Waals surface area contributed by atoms with Crippen molar-refractivity contribution < 1.29 is 24.6 Å². The predicted octanol–water partition coefficient (Wildman–Crippen LogP) is 0.328. The molecule has 0 aromatic carbocycles. The number of aliphatic carboxylic acids is 2. The standard InChI is InChI=1S/C13H22N2O5/c1-8-3-2-6-13(14,7-8)12(20)15-9(11(18)19)4-5-10(16)17/h8-9H,2-7,14H2,1H3,(H,15,20)(H,16,17)(H,18,19). The summed E-state index contributed by atoms with van der Waals surface area (Å²) in [4.78, 5) is 33.7. The highest BCUT2D eigenvalue weighted by Crippen LogP contribution is 2.30. The molecule has 7 nitrogen and oxygen atoms in total. The van der Waals surface area contributed by atoms with E-state index >= 15 is 0 Å². The fourth-order valence-electron chi connectivity index (χ4n) is 2.63. The molecule has 7 heteroatoms. The van der Waals surface area contributed by atoms with E-state index in [1.807, 2.05) is 6.92 Å². The van der Waals surface area contributed by atoms with E-state index in [0.29, 0.717) is 18.8 Å². The summed E-state index contributed by atoms with van der Waals surface area (Å²) >= 11 is 0. The van der Waals surface area contributed by atoms with E-state index in [9.17, 15) is 14.4 Å². The maximum Gasteiger partial charge on any atom is 0.326 e. The lowest BCUT2D eigenvalue weighted by molar-refractivity contribution is -0.144. The van der Waals surface area contributed by atoms with E-state index in [-0.39, 0.29) is 12.8 Å². The van der Waals surface area contributed by atoms with Crippen molar-refractivity contribution in [3.8, 4) is 0 Å². The van der Waals surface area contributed by atoms with Crippen LogP contribution < -0.4 is 11.1 Å². The lowest BCUT2D eigenvalue weighted by Gasteiger charge is -2.36. The maximum atomic E-state index is 12.2. The quantitative estimate of drug-likeness (QED) is 0.556. The van der Waals surface area contributed by atoms with Crippen LogP contribution in [0.25, 0.3) is 0 Å². The Labute approximate surface area is 117 Å². The molecule has 3 atom stereocenters. The van der Waals surface area contributed by atoms with E-state index in [4.69, 9.17) is 15.9 Å². The second kappa shape index (κ2) is 6.69. The van der Waals surface area contributed by atoms with Crippen LogP contribution in [0.15, 0.2) is 0 Å². The number of nitrogens with one attached hydrogen (secondary N) is 1. The van der Waals surface area contributed by atoms with Gasteiger partial charge in [0.2, 0.25) is 5.91 Å². The first-order valence-corrected chi connectivity index (χ1v) is 6.79. The molecule has 0 aliphatic heterocycles. The number of rotatable bonds is 6. The van der Waals surface area contributed by atoms with Gasteiger partial charge in [-0.1, -0.05) is 19.8 Å². The first kappa shape index (κ1) is 16.4. The van der Waals surface area contributed by atoms with Crippen LogP contribution in [0.1, 0.15) is 45.4 Å². The zero-order valence-electron chi connectivity index (χ0n) is 11.6. The molecule has 1 amide bonds. The zero-order valence-corrected chi connectivity index (χ0v) is 11.6. The molecule has 1 aliphatic carbocycles. The lowest BCUT2D eigenvalue weighted by Crippen LogP contribution is -2.59. The topological polar surface area (TPSA) is 130 Å². The molecule has 1 aliphatic rings. The summed E-state index contributed by atoms with van der Waals surface area (Å²) in [5, 5.41) is 20.0. The number of carbonyl (C=O) groups is 3. The molecule has 0 aromatic heterocycles. The highest BCUT2D eigenvalue weighted by Gasteiger charge is 2.39. The van der Waals surface area contributed by atoms with Crippen LogP contribution >= 0.6 is 0 Å². The van der Waals surface area contributed by atoms with Gasteiger partial charge in [0.25, 0.3) is 0 Å². The minimum atomic E-state index is -1.24. The number of amides is 1. The molecule has 0 saturated heterocycles. The number of hydrogen-bond acceptors (Lipinski definition) is 4. The van der Waals surface area contributed by atoms with Gasteiger partial charge >= 0.3 is 11.9 Å². The number of carbonyl (C=O) groups excluding carboxylic acids is 1. The molecule has 3 unspecified atom stereocenters. The molecule has 114 valence electrons. The SMILES string of the molecule is CC1CCCC(N)(C(=O)NC(CCC(=O)O)C(=O)O)C1. The van der Waals surface area contributed by atoms with Gasteiger partial charge in [-0.15, -0.1) is 0 Å². The average Bonchev–Trinajstić information content (AvgIpc) is 2.33. The van der Waals surface area contributed by atoms with E-state index < -0.39 is 29.4 Å². The van der Waals surface area contributed by atoms with Crippen LogP contribution in [0, 0.1) is 5.92 Å². The Morgan fingerprint density at radius 2 is 2.05 bits per heavy atom. The highest BCUT2D eigenvalue weighted by molar-refractivity contribution is 5.90. The molecule has 0 radical (unpaired) electrons. The molecule has 0 heterocycles. The molecule has 1 fully saturated rings. The molecule has 0 spiro atoms. The molecule has 1 saturated carbocycles. The van der Waals surface area contributed by atoms with E-state index in [2.05, 4.69) is 5.32 Å². The van der Waals surface area contributed by atoms with E-state index in [1.165, 1.54) is 0 Å². The minimum absolute atomic E-state index is 0.151. The minimum Gasteiger partial charge on any atom is -0.481 e. The molecule has 20 heavy (non-hydrogen) atoms. The molecule has 0 bridgehead atoms. The van der Waals surface area contributed by atoms with Crippen molar-refractivity contribution in [2.45, 2.75) is 57.0 Å². The van der Waals surface area contributed by atoms with Crippen LogP contribution in [-0.2, 0) is 14.4 Å². The first-order chi connectivity index (χ1) is 9.24. The molecule has 0 aromatic rings. The number of carboxylic acids is 2. The van der Waals surface area contributed by atoms with Crippen molar-refractivity contribution in [1.82, 2.24) is 5.32 Å². The van der Waals surface area contributed by atoms with Crippen molar-refractivity contribution in [1.29, 1.82) is 0 Å². The van der Waals surface area contributed by atoms with Crippen LogP contribution in [-0.4, -0.2) is 39.6 Å². The van der Waals surface area contributed by atoms with Gasteiger partial charge in [0, 0.05) is 6.42 Å². The molecule has 1 rings (SSSR count). The summed E-state index contributed by atoms with van der Waals surface area (Å²) in [6.07, 6.45) is 2.41. The summed E-state index contributed by atoms with van der Waals surface area (Å²) in [7, 11) is 0. The Morgan fingerprint density at radius 3 is 2.55 bits per heavy atom. The third-order valence-corrected chi connectivity index (χ3v) is 3.74. The first-order valence-electron chi connectivity index (χ1n) is 6.79. The summed E-state index contributed by atoms with van der Waals surface area (Å²) in [6, 6.07) is -1.21. The Bertz CT molecular complexity index is 398. The van der Waals surface area contributed by atoms with Crippen LogP contribution in [0.3, 0.4) is 0 Å². The van der Waals surface area contributed by atoms with Crippen molar-refractivity contribution in [3.05, 3.63) is 0 Å². The molecular formula is C13H22N2O5. The predicted molar refractivity (Wildman–Crippen MR) is 71.0 cm³/mol. The number of hydrogen-bond donors (Lipinski definition) is 4. The molecular weight excluding hydrogens is 264 g/mol. The van der Waals surface area contributed by atoms with Gasteiger partial charge < -0.3 is 21.3 Å². The second-order valence-electron chi connectivity index (χ2n) is 5.65. The summed E-state index contributed by atoms with van der Waals surface area (Å²) in [5.41, 5.74) is 5.03. The van der Waals surface area contributed by atoms with Gasteiger partial charge in [-0.2, -0.15) is 0 Å². The summed E-state index contributed by atoms with van der Waals surface area (Å²) in [6.45, 7) is 2.01. The Hall–Kier alpha value is -1.63. The van der Waals surface area contributed by atoms with Crippen molar-refractivity contribution >= 4 is 17.8 Å². The molecule has 5 N–H and O–H groups in total. The van der Waals surface area contributed by atoms with E-state index in [0.717, 1.165) is 12.8 Å². The van der Waals surface area contributed by atoms with Gasteiger partial charge in [-0.3, -0.25) is 9.59 Å². The summed E-state index contributed by atoms with van der Waals surface area (Å²) < 4.78 is 0. The summed E-state index contributed by atoms with van der Waals surface area (Å²) in [5.74, 6) is -2.52. The smallest absolute Gasteiger partial charge is 0.326 e. The van der Waals surface area contributed by atoms with Gasteiger partial charge in [0.1, 0.15) is 6.04 Å². The van der Waals surface area contributed by atoms with Gasteiger partial charge in [0.05, 0.1) is 5.54 Å². The fraction of sp³-hybridized carbons (Fsp3) is 0.769. The van der Waals surface area contributed by atoms with Crippen LogP contribution in [0.5, 0.6) is 0 Å².